The van der Waals surface area contributed by atoms with Crippen LogP contribution in [0.5, 0.6) is 0 Å². The minimum absolute atomic E-state index is 0.656. The van der Waals surface area contributed by atoms with Gasteiger partial charge >= 0.3 is 0 Å². The first-order valence-corrected chi connectivity index (χ1v) is 7.87. The number of aromatic nitrogens is 4. The average molecular weight is 336 g/mol. The van der Waals surface area contributed by atoms with Gasteiger partial charge in [0.15, 0.2) is 5.65 Å². The normalized spacial score (nSPS) is 10.9. The van der Waals surface area contributed by atoms with E-state index in [2.05, 4.69) is 33.4 Å². The Labute approximate surface area is 143 Å². The Morgan fingerprint density at radius 1 is 1.04 bits per heavy atom. The number of hydrogen-bond acceptors (Lipinski definition) is 4. The van der Waals surface area contributed by atoms with Gasteiger partial charge in [-0.25, -0.2) is 14.6 Å². The summed E-state index contributed by atoms with van der Waals surface area (Å²) < 4.78 is 1.76. The van der Waals surface area contributed by atoms with Gasteiger partial charge in [-0.2, -0.15) is 5.10 Å². The summed E-state index contributed by atoms with van der Waals surface area (Å²) in [6.07, 6.45) is 3.29. The molecule has 0 aliphatic heterocycles. The van der Waals surface area contributed by atoms with Crippen LogP contribution in [0.3, 0.4) is 0 Å². The van der Waals surface area contributed by atoms with Crippen molar-refractivity contribution in [3.05, 3.63) is 71.6 Å². The second kappa shape index (κ2) is 5.94. The van der Waals surface area contributed by atoms with Crippen LogP contribution in [0, 0.1) is 6.92 Å². The number of para-hydroxylation sites is 1. The summed E-state index contributed by atoms with van der Waals surface area (Å²) in [5, 5.41) is 9.31. The topological polar surface area (TPSA) is 55.6 Å². The van der Waals surface area contributed by atoms with Crippen molar-refractivity contribution in [2.45, 2.75) is 6.92 Å². The van der Waals surface area contributed by atoms with Crippen LogP contribution in [0.1, 0.15) is 5.56 Å². The number of benzene rings is 2. The molecule has 2 aromatic carbocycles. The van der Waals surface area contributed by atoms with Gasteiger partial charge in [-0.05, 0) is 36.8 Å². The van der Waals surface area contributed by atoms with Crippen molar-refractivity contribution in [3.63, 3.8) is 0 Å². The third-order valence-corrected chi connectivity index (χ3v) is 4.05. The smallest absolute Gasteiger partial charge is 0.168 e. The predicted molar refractivity (Wildman–Crippen MR) is 96.1 cm³/mol. The molecule has 2 heterocycles. The summed E-state index contributed by atoms with van der Waals surface area (Å²) in [5.74, 6) is 0.725. The molecule has 6 heteroatoms. The number of nitrogens with zero attached hydrogens (tertiary/aromatic N) is 4. The van der Waals surface area contributed by atoms with E-state index < -0.39 is 0 Å². The maximum absolute atomic E-state index is 6.08. The Morgan fingerprint density at radius 2 is 1.92 bits per heavy atom. The van der Waals surface area contributed by atoms with E-state index >= 15 is 0 Å². The summed E-state index contributed by atoms with van der Waals surface area (Å²) in [6.45, 7) is 2.05. The number of hydrogen-bond donors (Lipinski definition) is 1. The van der Waals surface area contributed by atoms with E-state index in [1.54, 1.807) is 10.9 Å². The lowest BCUT2D eigenvalue weighted by atomic mass is 10.2. The molecule has 0 bridgehead atoms. The standard InChI is InChI=1S/C18H14ClN5/c1-12-5-2-3-8-16(12)23-17-15-10-22-24(18(15)21-11-20-17)14-7-4-6-13(19)9-14/h2-11H,1H3,(H,20,21,23). The van der Waals surface area contributed by atoms with E-state index in [-0.39, 0.29) is 0 Å². The Morgan fingerprint density at radius 3 is 2.75 bits per heavy atom. The van der Waals surface area contributed by atoms with Gasteiger partial charge in [0.2, 0.25) is 0 Å². The molecule has 0 saturated carbocycles. The number of rotatable bonds is 3. The molecule has 0 unspecified atom stereocenters. The molecular weight excluding hydrogens is 322 g/mol. The van der Waals surface area contributed by atoms with Gasteiger partial charge in [0.1, 0.15) is 12.1 Å². The van der Waals surface area contributed by atoms with E-state index in [4.69, 9.17) is 11.6 Å². The van der Waals surface area contributed by atoms with Crippen LogP contribution in [-0.4, -0.2) is 19.7 Å². The molecular formula is C18H14ClN5. The molecule has 4 rings (SSSR count). The largest absolute Gasteiger partial charge is 0.339 e. The van der Waals surface area contributed by atoms with Gasteiger partial charge in [0, 0.05) is 10.7 Å². The number of anilines is 2. The monoisotopic (exact) mass is 335 g/mol. The molecule has 0 amide bonds. The maximum atomic E-state index is 6.08. The molecule has 0 saturated heterocycles. The molecule has 5 nitrogen and oxygen atoms in total. The van der Waals surface area contributed by atoms with Crippen LogP contribution in [0.4, 0.5) is 11.5 Å². The van der Waals surface area contributed by atoms with Gasteiger partial charge < -0.3 is 5.32 Å². The third-order valence-electron chi connectivity index (χ3n) is 3.82. The Balaban J connectivity index is 1.81. The van der Waals surface area contributed by atoms with Crippen molar-refractivity contribution >= 4 is 34.1 Å². The second-order valence-corrected chi connectivity index (χ2v) is 5.87. The molecule has 2 aromatic heterocycles. The zero-order chi connectivity index (χ0) is 16.5. The van der Waals surface area contributed by atoms with E-state index in [9.17, 15) is 0 Å². The molecule has 24 heavy (non-hydrogen) atoms. The van der Waals surface area contributed by atoms with Gasteiger partial charge in [-0.3, -0.25) is 0 Å². The van der Waals surface area contributed by atoms with Gasteiger partial charge in [0.05, 0.1) is 17.3 Å². The molecule has 0 fully saturated rings. The lowest BCUT2D eigenvalue weighted by Gasteiger charge is -2.09. The van der Waals surface area contributed by atoms with Crippen LogP contribution in [0.2, 0.25) is 5.02 Å². The van der Waals surface area contributed by atoms with Crippen molar-refractivity contribution in [2.75, 3.05) is 5.32 Å². The van der Waals surface area contributed by atoms with Crippen molar-refractivity contribution < 1.29 is 0 Å². The summed E-state index contributed by atoms with van der Waals surface area (Å²) in [5.41, 5.74) is 3.74. The van der Waals surface area contributed by atoms with Crippen LogP contribution in [0.15, 0.2) is 61.1 Å². The van der Waals surface area contributed by atoms with Crippen LogP contribution in [-0.2, 0) is 0 Å². The molecule has 0 spiro atoms. The van der Waals surface area contributed by atoms with E-state index in [0.29, 0.717) is 5.02 Å². The molecule has 118 valence electrons. The van der Waals surface area contributed by atoms with Crippen molar-refractivity contribution in [3.8, 4) is 5.69 Å². The minimum atomic E-state index is 0.656. The Kier molecular flexibility index (Phi) is 3.63. The van der Waals surface area contributed by atoms with Crippen molar-refractivity contribution in [1.82, 2.24) is 19.7 Å². The average Bonchev–Trinajstić information content (AvgIpc) is 3.02. The molecule has 1 N–H and O–H groups in total. The summed E-state index contributed by atoms with van der Waals surface area (Å²) >= 11 is 6.08. The molecule has 0 aliphatic carbocycles. The number of nitrogens with one attached hydrogen (secondary N) is 1. The molecule has 0 radical (unpaired) electrons. The number of aryl methyl sites for hydroxylation is 1. The van der Waals surface area contributed by atoms with E-state index in [1.165, 1.54) is 6.33 Å². The minimum Gasteiger partial charge on any atom is -0.339 e. The summed E-state index contributed by atoms with van der Waals surface area (Å²) in [6, 6.07) is 15.6. The highest BCUT2D eigenvalue weighted by Crippen LogP contribution is 2.26. The number of halogens is 1. The van der Waals surface area contributed by atoms with Gasteiger partial charge in [-0.15, -0.1) is 0 Å². The number of fused-ring (bicyclic) bond motifs is 1. The first kappa shape index (κ1) is 14.7. The highest BCUT2D eigenvalue weighted by atomic mass is 35.5. The van der Waals surface area contributed by atoms with E-state index in [1.807, 2.05) is 42.5 Å². The zero-order valence-corrected chi connectivity index (χ0v) is 13.7. The highest BCUT2D eigenvalue weighted by Gasteiger charge is 2.12. The lowest BCUT2D eigenvalue weighted by Crippen LogP contribution is -2.00. The van der Waals surface area contributed by atoms with E-state index in [0.717, 1.165) is 33.8 Å². The summed E-state index contributed by atoms with van der Waals surface area (Å²) in [7, 11) is 0. The maximum Gasteiger partial charge on any atom is 0.168 e. The van der Waals surface area contributed by atoms with Gasteiger partial charge in [0.25, 0.3) is 0 Å². The SMILES string of the molecule is Cc1ccccc1Nc1ncnc2c1cnn2-c1cccc(Cl)c1. The quantitative estimate of drug-likeness (QED) is 0.598. The fourth-order valence-corrected chi connectivity index (χ4v) is 2.77. The first-order valence-electron chi connectivity index (χ1n) is 7.50. The molecule has 0 atom stereocenters. The predicted octanol–water partition coefficient (Wildman–Crippen LogP) is 4.52. The van der Waals surface area contributed by atoms with Crippen LogP contribution < -0.4 is 5.32 Å². The zero-order valence-electron chi connectivity index (χ0n) is 12.9. The fourth-order valence-electron chi connectivity index (χ4n) is 2.58. The van der Waals surface area contributed by atoms with Crippen molar-refractivity contribution in [1.29, 1.82) is 0 Å². The highest BCUT2D eigenvalue weighted by molar-refractivity contribution is 6.30. The van der Waals surface area contributed by atoms with Crippen LogP contribution >= 0.6 is 11.6 Å². The molecule has 0 aliphatic rings. The Hall–Kier alpha value is -2.92. The second-order valence-electron chi connectivity index (χ2n) is 5.44. The van der Waals surface area contributed by atoms with Crippen molar-refractivity contribution in [2.24, 2.45) is 0 Å². The molecule has 4 aromatic rings. The first-order chi connectivity index (χ1) is 11.7. The Bertz CT molecular complexity index is 1020. The van der Waals surface area contributed by atoms with Gasteiger partial charge in [-0.1, -0.05) is 35.9 Å². The third kappa shape index (κ3) is 2.59. The fraction of sp³-hybridized carbons (Fsp3) is 0.0556. The summed E-state index contributed by atoms with van der Waals surface area (Å²) in [4.78, 5) is 8.74. The van der Waals surface area contributed by atoms with Crippen LogP contribution in [0.25, 0.3) is 16.7 Å². The lowest BCUT2D eigenvalue weighted by molar-refractivity contribution is 0.895.